The number of hydrogen-bond donors (Lipinski definition) is 6. The molecule has 8 N–H and O–H groups in total. The number of imide groups is 1. The average molecular weight is 546 g/mol. The van der Waals surface area contributed by atoms with Gasteiger partial charge in [-0.1, -0.05) is 12.1 Å². The zero-order valence-electron chi connectivity index (χ0n) is 21.4. The van der Waals surface area contributed by atoms with Crippen LogP contribution in [0.15, 0.2) is 36.4 Å². The molecule has 7 amide bonds. The molecule has 1 heterocycles. The minimum Gasteiger partial charge on any atom is -0.445 e. The Hall–Kier alpha value is -4.79. The van der Waals surface area contributed by atoms with Crippen LogP contribution in [0, 0.1) is 0 Å². The second kappa shape index (κ2) is 14.2. The van der Waals surface area contributed by atoms with E-state index in [1.807, 2.05) is 0 Å². The first-order valence-electron chi connectivity index (χ1n) is 11.9. The van der Waals surface area contributed by atoms with Gasteiger partial charge in [0.2, 0.25) is 23.6 Å². The van der Waals surface area contributed by atoms with Crippen LogP contribution < -0.4 is 32.7 Å². The van der Waals surface area contributed by atoms with E-state index in [1.54, 1.807) is 12.1 Å². The molecule has 15 nitrogen and oxygen atoms in total. The highest BCUT2D eigenvalue weighted by molar-refractivity contribution is 6.12. The summed E-state index contributed by atoms with van der Waals surface area (Å²) < 4.78 is 5.08. The molecule has 0 saturated carbocycles. The molecule has 3 unspecified atom stereocenters. The molecule has 1 aromatic carbocycles. The van der Waals surface area contributed by atoms with E-state index in [1.165, 1.54) is 26.0 Å². The summed E-state index contributed by atoms with van der Waals surface area (Å²) in [6.45, 7) is 2.75. The Morgan fingerprint density at radius 2 is 1.54 bits per heavy atom. The lowest BCUT2D eigenvalue weighted by Crippen LogP contribution is -2.54. The third-order valence-electron chi connectivity index (χ3n) is 5.30. The molecule has 1 aliphatic rings. The van der Waals surface area contributed by atoms with Crippen molar-refractivity contribution in [2.75, 3.05) is 18.4 Å². The fourth-order valence-corrected chi connectivity index (χ4v) is 3.15. The highest BCUT2D eigenvalue weighted by Gasteiger charge is 2.26. The van der Waals surface area contributed by atoms with E-state index in [-0.39, 0.29) is 19.7 Å². The highest BCUT2D eigenvalue weighted by atomic mass is 16.5. The Labute approximate surface area is 223 Å². The molecule has 0 aliphatic carbocycles. The number of carbonyl (C=O) groups is 7. The smallest absolute Gasteiger partial charge is 0.407 e. The number of nitrogens with two attached hydrogens (primary N) is 2. The average Bonchev–Trinajstić information content (AvgIpc) is 3.19. The van der Waals surface area contributed by atoms with Crippen molar-refractivity contribution >= 4 is 47.2 Å². The molecular formula is C24H31N7O8. The molecule has 3 atom stereocenters. The van der Waals surface area contributed by atoms with Gasteiger partial charge in [0, 0.05) is 30.9 Å². The number of anilines is 1. The van der Waals surface area contributed by atoms with Crippen molar-refractivity contribution in [3.8, 4) is 0 Å². The van der Waals surface area contributed by atoms with Gasteiger partial charge >= 0.3 is 6.09 Å². The summed E-state index contributed by atoms with van der Waals surface area (Å²) >= 11 is 0. The van der Waals surface area contributed by atoms with Gasteiger partial charge in [0.25, 0.3) is 11.8 Å². The van der Waals surface area contributed by atoms with Crippen molar-refractivity contribution in [3.63, 3.8) is 0 Å². The molecule has 0 radical (unpaired) electrons. The van der Waals surface area contributed by atoms with E-state index >= 15 is 0 Å². The molecular weight excluding hydrogens is 514 g/mol. The number of rotatable bonds is 13. The van der Waals surface area contributed by atoms with Crippen LogP contribution in [0.5, 0.6) is 0 Å². The molecule has 210 valence electrons. The second-order valence-corrected chi connectivity index (χ2v) is 8.60. The first-order chi connectivity index (χ1) is 18.4. The van der Waals surface area contributed by atoms with Gasteiger partial charge in [-0.2, -0.15) is 0 Å². The number of nitrogens with zero attached hydrogens (tertiary/aromatic N) is 1. The van der Waals surface area contributed by atoms with Gasteiger partial charge in [0.15, 0.2) is 0 Å². The van der Waals surface area contributed by atoms with Crippen LogP contribution in [0.4, 0.5) is 10.5 Å². The largest absolute Gasteiger partial charge is 0.445 e. The summed E-state index contributed by atoms with van der Waals surface area (Å²) in [7, 11) is 0. The van der Waals surface area contributed by atoms with Crippen molar-refractivity contribution in [2.45, 2.75) is 45.0 Å². The quantitative estimate of drug-likeness (QED) is 0.150. The van der Waals surface area contributed by atoms with E-state index in [0.29, 0.717) is 11.3 Å². The van der Waals surface area contributed by atoms with Crippen LogP contribution in [0.2, 0.25) is 0 Å². The Balaban J connectivity index is 1.84. The molecule has 39 heavy (non-hydrogen) atoms. The molecule has 0 fully saturated rings. The summed E-state index contributed by atoms with van der Waals surface area (Å²) in [4.78, 5) is 84.0. The molecule has 15 heteroatoms. The Bertz CT molecular complexity index is 1130. The van der Waals surface area contributed by atoms with Gasteiger partial charge in [-0.25, -0.2) is 4.79 Å². The zero-order valence-corrected chi connectivity index (χ0v) is 21.4. The second-order valence-electron chi connectivity index (χ2n) is 8.60. The molecule has 0 aromatic heterocycles. The van der Waals surface area contributed by atoms with Crippen molar-refractivity contribution in [3.05, 3.63) is 42.0 Å². The number of primary amides is 1. The normalized spacial score (nSPS) is 14.7. The predicted molar refractivity (Wildman–Crippen MR) is 136 cm³/mol. The summed E-state index contributed by atoms with van der Waals surface area (Å²) in [5, 5.41) is 9.75. The number of benzene rings is 1. The van der Waals surface area contributed by atoms with Crippen molar-refractivity contribution in [1.82, 2.24) is 20.9 Å². The van der Waals surface area contributed by atoms with Gasteiger partial charge < -0.3 is 37.5 Å². The number of nitrogens with one attached hydrogen (secondary N) is 4. The summed E-state index contributed by atoms with van der Waals surface area (Å²) in [6.07, 6.45) is 1.05. The van der Waals surface area contributed by atoms with Crippen LogP contribution in [-0.2, 0) is 40.1 Å². The fraction of sp³-hybridized carbons (Fsp3) is 0.375. The highest BCUT2D eigenvalue weighted by Crippen LogP contribution is 2.12. The van der Waals surface area contributed by atoms with Crippen LogP contribution in [-0.4, -0.2) is 77.7 Å². The number of alkyl carbamates (subject to hydrolysis) is 1. The predicted octanol–water partition coefficient (Wildman–Crippen LogP) is -2.01. The summed E-state index contributed by atoms with van der Waals surface area (Å²) in [5.74, 6) is -3.74. The Kier molecular flexibility index (Phi) is 11.1. The molecule has 2 rings (SSSR count). The van der Waals surface area contributed by atoms with Crippen LogP contribution in [0.3, 0.4) is 0 Å². The molecule has 0 saturated heterocycles. The first kappa shape index (κ1) is 30.4. The summed E-state index contributed by atoms with van der Waals surface area (Å²) in [5.41, 5.74) is 11.6. The molecule has 0 bridgehead atoms. The SMILES string of the molecule is CC(N)C(=O)NC(C)C(=O)NC(CC(N)=O)C(=O)Nc1ccc(COC(=O)NCCN2C(=O)C=CC2=O)cc1. The standard InChI is InChI=1S/C24H31N7O8/c1-13(25)21(35)28-14(2)22(36)30-17(11-18(26)32)23(37)29-16-5-3-15(4-6-16)12-39-24(38)27-9-10-31-19(33)7-8-20(31)34/h3-8,13-14,17H,9-12,25H2,1-2H3,(H2,26,32)(H,27,38)(H,28,35)(H,29,37)(H,30,36). The van der Waals surface area contributed by atoms with Gasteiger partial charge in [0.1, 0.15) is 18.7 Å². The van der Waals surface area contributed by atoms with Gasteiger partial charge in [0.05, 0.1) is 12.5 Å². The molecule has 1 aromatic rings. The topological polar surface area (TPSA) is 232 Å². The maximum atomic E-state index is 12.7. The fourth-order valence-electron chi connectivity index (χ4n) is 3.15. The first-order valence-corrected chi connectivity index (χ1v) is 11.9. The van der Waals surface area contributed by atoms with Crippen LogP contribution in [0.1, 0.15) is 25.8 Å². The van der Waals surface area contributed by atoms with Crippen molar-refractivity contribution in [1.29, 1.82) is 0 Å². The van der Waals surface area contributed by atoms with E-state index in [9.17, 15) is 33.6 Å². The van der Waals surface area contributed by atoms with E-state index in [4.69, 9.17) is 16.2 Å². The van der Waals surface area contributed by atoms with Gasteiger partial charge in [-0.15, -0.1) is 0 Å². The lowest BCUT2D eigenvalue weighted by atomic mass is 10.1. The minimum absolute atomic E-state index is 0.00577. The minimum atomic E-state index is -1.31. The lowest BCUT2D eigenvalue weighted by Gasteiger charge is -2.21. The third kappa shape index (κ3) is 9.88. The summed E-state index contributed by atoms with van der Waals surface area (Å²) in [6, 6.07) is 3.00. The molecule has 0 spiro atoms. The zero-order chi connectivity index (χ0) is 29.1. The van der Waals surface area contributed by atoms with Gasteiger partial charge in [-0.05, 0) is 31.5 Å². The lowest BCUT2D eigenvalue weighted by molar-refractivity contribution is -0.136. The van der Waals surface area contributed by atoms with E-state index in [0.717, 1.165) is 17.1 Å². The maximum Gasteiger partial charge on any atom is 0.407 e. The van der Waals surface area contributed by atoms with E-state index in [2.05, 4.69) is 21.3 Å². The number of amides is 7. The van der Waals surface area contributed by atoms with Crippen LogP contribution >= 0.6 is 0 Å². The third-order valence-corrected chi connectivity index (χ3v) is 5.30. The van der Waals surface area contributed by atoms with Crippen molar-refractivity contribution < 1.29 is 38.3 Å². The van der Waals surface area contributed by atoms with Gasteiger partial charge in [-0.3, -0.25) is 33.7 Å². The number of ether oxygens (including phenoxy) is 1. The van der Waals surface area contributed by atoms with Crippen molar-refractivity contribution in [2.24, 2.45) is 11.5 Å². The number of carbonyl (C=O) groups excluding carboxylic acids is 7. The van der Waals surface area contributed by atoms with E-state index < -0.39 is 66.1 Å². The monoisotopic (exact) mass is 545 g/mol. The van der Waals surface area contributed by atoms with Crippen LogP contribution in [0.25, 0.3) is 0 Å². The number of hydrogen-bond acceptors (Lipinski definition) is 9. The molecule has 1 aliphatic heterocycles. The maximum absolute atomic E-state index is 12.7. The Morgan fingerprint density at radius 1 is 0.923 bits per heavy atom. The Morgan fingerprint density at radius 3 is 2.10 bits per heavy atom.